The molecule has 0 radical (unpaired) electrons. The van der Waals surface area contributed by atoms with Crippen molar-refractivity contribution in [2.45, 2.75) is 19.4 Å². The zero-order valence-corrected chi connectivity index (χ0v) is 7.84. The summed E-state index contributed by atoms with van der Waals surface area (Å²) < 4.78 is 0. The third kappa shape index (κ3) is 2.68. The molecular weight excluding hydrogens is 174 g/mol. The van der Waals surface area contributed by atoms with Gasteiger partial charge in [0.15, 0.2) is 0 Å². The van der Waals surface area contributed by atoms with Crippen molar-refractivity contribution in [3.8, 4) is 0 Å². The van der Waals surface area contributed by atoms with Gasteiger partial charge in [-0.3, -0.25) is 0 Å². The summed E-state index contributed by atoms with van der Waals surface area (Å²) in [5, 5.41) is 0. The Labute approximate surface area is 78.6 Å². The fraction of sp³-hybridized carbons (Fsp3) is 0.375. The second-order valence-electron chi connectivity index (χ2n) is 2.53. The van der Waals surface area contributed by atoms with E-state index >= 15 is 0 Å². The Morgan fingerprint density at radius 2 is 2.25 bits per heavy atom. The molecular formula is C8H14ClN3. The summed E-state index contributed by atoms with van der Waals surface area (Å²) in [7, 11) is 0. The van der Waals surface area contributed by atoms with Crippen molar-refractivity contribution in [1.82, 2.24) is 4.98 Å². The summed E-state index contributed by atoms with van der Waals surface area (Å²) in [6, 6.07) is 3.79. The molecule has 0 aliphatic heterocycles. The number of nitrogens with zero attached hydrogens (tertiary/aromatic N) is 1. The zero-order valence-electron chi connectivity index (χ0n) is 7.03. The van der Waals surface area contributed by atoms with E-state index in [-0.39, 0.29) is 18.4 Å². The van der Waals surface area contributed by atoms with Crippen LogP contribution >= 0.6 is 12.4 Å². The molecule has 1 heterocycles. The third-order valence-electron chi connectivity index (χ3n) is 1.67. The molecule has 0 saturated carbocycles. The van der Waals surface area contributed by atoms with Gasteiger partial charge in [0.25, 0.3) is 0 Å². The van der Waals surface area contributed by atoms with Crippen molar-refractivity contribution in [3.05, 3.63) is 23.9 Å². The molecule has 4 N–H and O–H groups in total. The van der Waals surface area contributed by atoms with Gasteiger partial charge >= 0.3 is 0 Å². The Bertz CT molecular complexity index is 239. The quantitative estimate of drug-likeness (QED) is 0.738. The lowest BCUT2D eigenvalue weighted by molar-refractivity contribution is 0.698. The van der Waals surface area contributed by atoms with Crippen molar-refractivity contribution < 1.29 is 0 Å². The molecule has 0 aromatic carbocycles. The molecule has 1 unspecified atom stereocenters. The number of aromatic nitrogens is 1. The zero-order chi connectivity index (χ0) is 8.27. The van der Waals surface area contributed by atoms with E-state index in [4.69, 9.17) is 11.5 Å². The highest BCUT2D eigenvalue weighted by Gasteiger charge is 2.02. The fourth-order valence-electron chi connectivity index (χ4n) is 0.932. The molecule has 0 saturated heterocycles. The molecule has 4 heteroatoms. The van der Waals surface area contributed by atoms with Crippen LogP contribution in [0.4, 0.5) is 5.82 Å². The number of pyridine rings is 1. The van der Waals surface area contributed by atoms with Crippen LogP contribution in [0.2, 0.25) is 0 Å². The van der Waals surface area contributed by atoms with E-state index < -0.39 is 0 Å². The maximum Gasteiger partial charge on any atom is 0.123 e. The first-order valence-corrected chi connectivity index (χ1v) is 3.71. The second-order valence-corrected chi connectivity index (χ2v) is 2.53. The van der Waals surface area contributed by atoms with Gasteiger partial charge in [0.05, 0.1) is 0 Å². The van der Waals surface area contributed by atoms with E-state index in [1.807, 2.05) is 19.1 Å². The number of hydrogen-bond donors (Lipinski definition) is 2. The predicted octanol–water partition coefficient (Wildman–Crippen LogP) is 1.50. The largest absolute Gasteiger partial charge is 0.384 e. The second kappa shape index (κ2) is 4.95. The van der Waals surface area contributed by atoms with E-state index in [1.54, 1.807) is 6.20 Å². The maximum atomic E-state index is 5.78. The molecule has 0 aliphatic carbocycles. The Kier molecular flexibility index (Phi) is 4.62. The highest BCUT2D eigenvalue weighted by molar-refractivity contribution is 5.85. The third-order valence-corrected chi connectivity index (χ3v) is 1.67. The van der Waals surface area contributed by atoms with Crippen LogP contribution in [0, 0.1) is 0 Å². The number of nitrogens with two attached hydrogens (primary N) is 2. The summed E-state index contributed by atoms with van der Waals surface area (Å²) in [6.45, 7) is 2.04. The van der Waals surface area contributed by atoms with Gasteiger partial charge in [0, 0.05) is 12.2 Å². The monoisotopic (exact) mass is 187 g/mol. The van der Waals surface area contributed by atoms with Crippen molar-refractivity contribution in [3.63, 3.8) is 0 Å². The van der Waals surface area contributed by atoms with Gasteiger partial charge in [-0.2, -0.15) is 0 Å². The minimum atomic E-state index is 0. The lowest BCUT2D eigenvalue weighted by atomic mass is 10.1. The molecule has 0 spiro atoms. The number of hydrogen-bond acceptors (Lipinski definition) is 3. The van der Waals surface area contributed by atoms with E-state index in [0.29, 0.717) is 5.82 Å². The number of rotatable bonds is 2. The molecule has 1 aromatic rings. The molecule has 0 bridgehead atoms. The van der Waals surface area contributed by atoms with Gasteiger partial charge in [-0.25, -0.2) is 4.98 Å². The van der Waals surface area contributed by atoms with E-state index in [2.05, 4.69) is 4.98 Å². The molecule has 0 fully saturated rings. The standard InChI is InChI=1S/C8H13N3.ClH/c1-2-7(9)6-3-4-11-8(10)5-6;/h3-5,7H,2,9H2,1H3,(H2,10,11);1H. The van der Waals surface area contributed by atoms with Crippen LogP contribution in [0.3, 0.4) is 0 Å². The molecule has 1 rings (SSSR count). The van der Waals surface area contributed by atoms with Gasteiger partial charge in [-0.1, -0.05) is 6.92 Å². The van der Waals surface area contributed by atoms with E-state index in [0.717, 1.165) is 12.0 Å². The van der Waals surface area contributed by atoms with Crippen molar-refractivity contribution in [2.24, 2.45) is 5.73 Å². The van der Waals surface area contributed by atoms with E-state index in [1.165, 1.54) is 0 Å². The average Bonchev–Trinajstić information content (AvgIpc) is 2.03. The Morgan fingerprint density at radius 1 is 1.58 bits per heavy atom. The maximum absolute atomic E-state index is 5.78. The SMILES string of the molecule is CCC(N)c1ccnc(N)c1.Cl. The normalized spacial score (nSPS) is 11.8. The molecule has 68 valence electrons. The minimum absolute atomic E-state index is 0. The van der Waals surface area contributed by atoms with Crippen LogP contribution in [0.5, 0.6) is 0 Å². The van der Waals surface area contributed by atoms with Gasteiger partial charge < -0.3 is 11.5 Å². The van der Waals surface area contributed by atoms with Gasteiger partial charge in [0.1, 0.15) is 5.82 Å². The van der Waals surface area contributed by atoms with Crippen LogP contribution in [0.25, 0.3) is 0 Å². The smallest absolute Gasteiger partial charge is 0.123 e. The topological polar surface area (TPSA) is 64.9 Å². The Hall–Kier alpha value is -0.800. The molecule has 1 aromatic heterocycles. The van der Waals surface area contributed by atoms with Gasteiger partial charge in [-0.05, 0) is 24.1 Å². The number of nitrogen functional groups attached to an aromatic ring is 1. The van der Waals surface area contributed by atoms with Crippen LogP contribution in [-0.4, -0.2) is 4.98 Å². The first kappa shape index (κ1) is 11.2. The summed E-state index contributed by atoms with van der Waals surface area (Å²) in [5.74, 6) is 0.534. The minimum Gasteiger partial charge on any atom is -0.384 e. The van der Waals surface area contributed by atoms with Crippen LogP contribution in [0.15, 0.2) is 18.3 Å². The van der Waals surface area contributed by atoms with Crippen molar-refractivity contribution in [2.75, 3.05) is 5.73 Å². The first-order chi connectivity index (χ1) is 5.24. The van der Waals surface area contributed by atoms with Crippen LogP contribution in [-0.2, 0) is 0 Å². The lowest BCUT2D eigenvalue weighted by Gasteiger charge is -2.08. The van der Waals surface area contributed by atoms with Gasteiger partial charge in [0.2, 0.25) is 0 Å². The summed E-state index contributed by atoms with van der Waals surface area (Å²) in [6.07, 6.45) is 2.60. The van der Waals surface area contributed by atoms with Gasteiger partial charge in [-0.15, -0.1) is 12.4 Å². The van der Waals surface area contributed by atoms with Crippen LogP contribution < -0.4 is 11.5 Å². The molecule has 0 aliphatic rings. The number of halogens is 1. The molecule has 3 nitrogen and oxygen atoms in total. The van der Waals surface area contributed by atoms with Crippen LogP contribution in [0.1, 0.15) is 24.9 Å². The first-order valence-electron chi connectivity index (χ1n) is 3.71. The Balaban J connectivity index is 0.00000121. The Morgan fingerprint density at radius 3 is 2.75 bits per heavy atom. The average molecular weight is 188 g/mol. The summed E-state index contributed by atoms with van der Waals surface area (Å²) in [4.78, 5) is 3.88. The lowest BCUT2D eigenvalue weighted by Crippen LogP contribution is -2.09. The fourth-order valence-corrected chi connectivity index (χ4v) is 0.932. The number of anilines is 1. The predicted molar refractivity (Wildman–Crippen MR) is 53.1 cm³/mol. The van der Waals surface area contributed by atoms with E-state index in [9.17, 15) is 0 Å². The summed E-state index contributed by atoms with van der Waals surface area (Å²) in [5.41, 5.74) is 12.3. The highest BCUT2D eigenvalue weighted by Crippen LogP contribution is 2.13. The van der Waals surface area contributed by atoms with Crippen molar-refractivity contribution in [1.29, 1.82) is 0 Å². The molecule has 0 amide bonds. The highest BCUT2D eigenvalue weighted by atomic mass is 35.5. The summed E-state index contributed by atoms with van der Waals surface area (Å²) >= 11 is 0. The molecule has 12 heavy (non-hydrogen) atoms. The molecule has 1 atom stereocenters. The van der Waals surface area contributed by atoms with Crippen molar-refractivity contribution >= 4 is 18.2 Å².